The molecular formula is C14H27N3O2. The highest BCUT2D eigenvalue weighted by Crippen LogP contribution is 2.25. The van der Waals surface area contributed by atoms with Crippen LogP contribution in [0.3, 0.4) is 0 Å². The summed E-state index contributed by atoms with van der Waals surface area (Å²) < 4.78 is 5.27. The monoisotopic (exact) mass is 269 g/mol. The topological polar surface area (TPSA) is 44.8 Å². The van der Waals surface area contributed by atoms with E-state index < -0.39 is 0 Å². The zero-order valence-corrected chi connectivity index (χ0v) is 12.2. The summed E-state index contributed by atoms with van der Waals surface area (Å²) in [5, 5.41) is 3.35. The van der Waals surface area contributed by atoms with Crippen LogP contribution in [0, 0.1) is 0 Å². The van der Waals surface area contributed by atoms with E-state index in [9.17, 15) is 4.79 Å². The van der Waals surface area contributed by atoms with Crippen molar-refractivity contribution in [3.05, 3.63) is 0 Å². The van der Waals surface area contributed by atoms with Gasteiger partial charge in [0, 0.05) is 32.2 Å². The molecule has 1 N–H and O–H groups in total. The van der Waals surface area contributed by atoms with Gasteiger partial charge >= 0.3 is 0 Å². The Kier molecular flexibility index (Phi) is 5.60. The summed E-state index contributed by atoms with van der Waals surface area (Å²) in [4.78, 5) is 16.6. The number of nitrogens with one attached hydrogen (secondary N) is 1. The van der Waals surface area contributed by atoms with Crippen molar-refractivity contribution in [1.29, 1.82) is 0 Å². The first kappa shape index (κ1) is 14.8. The van der Waals surface area contributed by atoms with E-state index >= 15 is 0 Å². The SMILES string of the molecule is CCN(CCNC(C)C(=O)N1CCOCC1)C1CC1. The third-order valence-corrected chi connectivity index (χ3v) is 4.01. The number of rotatable bonds is 7. The van der Waals surface area contributed by atoms with Gasteiger partial charge in [-0.1, -0.05) is 6.92 Å². The Bertz CT molecular complexity index is 288. The molecule has 1 aliphatic carbocycles. The molecule has 110 valence electrons. The molecule has 1 saturated heterocycles. The molecular weight excluding hydrogens is 242 g/mol. The summed E-state index contributed by atoms with van der Waals surface area (Å²) in [6.07, 6.45) is 2.69. The molecule has 5 heteroatoms. The molecule has 0 aromatic carbocycles. The van der Waals surface area contributed by atoms with Crippen molar-refractivity contribution in [2.45, 2.75) is 38.8 Å². The van der Waals surface area contributed by atoms with Crippen molar-refractivity contribution >= 4 is 5.91 Å². The highest BCUT2D eigenvalue weighted by Gasteiger charge is 2.27. The molecule has 2 fully saturated rings. The van der Waals surface area contributed by atoms with E-state index in [1.807, 2.05) is 11.8 Å². The quantitative estimate of drug-likeness (QED) is 0.722. The van der Waals surface area contributed by atoms with E-state index in [4.69, 9.17) is 4.74 Å². The predicted octanol–water partition coefficient (Wildman–Crippen LogP) is 0.308. The lowest BCUT2D eigenvalue weighted by molar-refractivity contribution is -0.137. The van der Waals surface area contributed by atoms with E-state index in [-0.39, 0.29) is 11.9 Å². The zero-order valence-electron chi connectivity index (χ0n) is 12.2. The Morgan fingerprint density at radius 2 is 2.11 bits per heavy atom. The Balaban J connectivity index is 1.65. The molecule has 1 amide bonds. The molecule has 0 radical (unpaired) electrons. The number of ether oxygens (including phenoxy) is 1. The van der Waals surface area contributed by atoms with Gasteiger partial charge in [-0.25, -0.2) is 0 Å². The molecule has 5 nitrogen and oxygen atoms in total. The second-order valence-corrected chi connectivity index (χ2v) is 5.47. The molecule has 19 heavy (non-hydrogen) atoms. The number of morpholine rings is 1. The van der Waals surface area contributed by atoms with Crippen LogP contribution in [0.1, 0.15) is 26.7 Å². The van der Waals surface area contributed by atoms with Crippen LogP contribution >= 0.6 is 0 Å². The van der Waals surface area contributed by atoms with Gasteiger partial charge in [0.2, 0.25) is 5.91 Å². The fraction of sp³-hybridized carbons (Fsp3) is 0.929. The van der Waals surface area contributed by atoms with Crippen LogP contribution in [0.2, 0.25) is 0 Å². The van der Waals surface area contributed by atoms with Gasteiger partial charge in [-0.05, 0) is 26.3 Å². The summed E-state index contributed by atoms with van der Waals surface area (Å²) in [6.45, 7) is 10.0. The van der Waals surface area contributed by atoms with Gasteiger partial charge in [0.05, 0.1) is 19.3 Å². The van der Waals surface area contributed by atoms with E-state index in [1.165, 1.54) is 12.8 Å². The Morgan fingerprint density at radius 3 is 2.68 bits per heavy atom. The molecule has 2 aliphatic rings. The minimum atomic E-state index is -0.0870. The Morgan fingerprint density at radius 1 is 1.42 bits per heavy atom. The maximum Gasteiger partial charge on any atom is 0.239 e. The number of hydrogen-bond donors (Lipinski definition) is 1. The van der Waals surface area contributed by atoms with E-state index in [0.717, 1.165) is 38.8 Å². The normalized spacial score (nSPS) is 21.7. The standard InChI is InChI=1S/C14H27N3O2/c1-3-16(13-4-5-13)7-6-15-12(2)14(18)17-8-10-19-11-9-17/h12-13,15H,3-11H2,1-2H3. The minimum absolute atomic E-state index is 0.0870. The van der Waals surface area contributed by atoms with Crippen LogP contribution in [0.15, 0.2) is 0 Å². The van der Waals surface area contributed by atoms with Gasteiger partial charge in [-0.15, -0.1) is 0 Å². The molecule has 1 aliphatic heterocycles. The lowest BCUT2D eigenvalue weighted by atomic mass is 10.2. The molecule has 1 atom stereocenters. The fourth-order valence-electron chi connectivity index (χ4n) is 2.61. The molecule has 2 rings (SSSR count). The summed E-state index contributed by atoms with van der Waals surface area (Å²) >= 11 is 0. The second kappa shape index (κ2) is 7.22. The Labute approximate surface area is 116 Å². The van der Waals surface area contributed by atoms with Crippen molar-refractivity contribution in [2.24, 2.45) is 0 Å². The first-order chi connectivity index (χ1) is 9.22. The van der Waals surface area contributed by atoms with Crippen LogP contribution in [-0.2, 0) is 9.53 Å². The number of hydrogen-bond acceptors (Lipinski definition) is 4. The Hall–Kier alpha value is -0.650. The van der Waals surface area contributed by atoms with Gasteiger partial charge < -0.3 is 15.0 Å². The van der Waals surface area contributed by atoms with Crippen molar-refractivity contribution < 1.29 is 9.53 Å². The van der Waals surface area contributed by atoms with Crippen LogP contribution in [0.4, 0.5) is 0 Å². The predicted molar refractivity (Wildman–Crippen MR) is 75.1 cm³/mol. The molecule has 1 heterocycles. The first-order valence-electron chi connectivity index (χ1n) is 7.56. The number of carbonyl (C=O) groups excluding carboxylic acids is 1. The third kappa shape index (κ3) is 4.44. The second-order valence-electron chi connectivity index (χ2n) is 5.47. The van der Waals surface area contributed by atoms with E-state index in [0.29, 0.717) is 13.2 Å². The van der Waals surface area contributed by atoms with Gasteiger partial charge in [-0.2, -0.15) is 0 Å². The molecule has 0 aromatic heterocycles. The molecule has 0 spiro atoms. The average Bonchev–Trinajstić information content (AvgIpc) is 3.28. The molecule has 1 saturated carbocycles. The molecule has 0 aromatic rings. The maximum atomic E-state index is 12.2. The van der Waals surface area contributed by atoms with Crippen molar-refractivity contribution in [1.82, 2.24) is 15.1 Å². The number of likely N-dealkylation sites (N-methyl/N-ethyl adjacent to an activating group) is 1. The summed E-state index contributed by atoms with van der Waals surface area (Å²) in [7, 11) is 0. The van der Waals surface area contributed by atoms with Crippen molar-refractivity contribution in [3.63, 3.8) is 0 Å². The van der Waals surface area contributed by atoms with Crippen molar-refractivity contribution in [3.8, 4) is 0 Å². The van der Waals surface area contributed by atoms with Crippen LogP contribution in [0.25, 0.3) is 0 Å². The molecule has 0 bridgehead atoms. The van der Waals surface area contributed by atoms with Gasteiger partial charge in [0.25, 0.3) is 0 Å². The van der Waals surface area contributed by atoms with Gasteiger partial charge in [-0.3, -0.25) is 9.69 Å². The summed E-state index contributed by atoms with van der Waals surface area (Å²) in [5.41, 5.74) is 0. The van der Waals surface area contributed by atoms with Crippen molar-refractivity contribution in [2.75, 3.05) is 45.9 Å². The van der Waals surface area contributed by atoms with Crippen LogP contribution in [0.5, 0.6) is 0 Å². The lowest BCUT2D eigenvalue weighted by Gasteiger charge is -2.30. The minimum Gasteiger partial charge on any atom is -0.378 e. The molecule has 1 unspecified atom stereocenters. The van der Waals surface area contributed by atoms with E-state index in [1.54, 1.807) is 0 Å². The number of carbonyl (C=O) groups is 1. The van der Waals surface area contributed by atoms with Gasteiger partial charge in [0.15, 0.2) is 0 Å². The fourth-order valence-corrected chi connectivity index (χ4v) is 2.61. The van der Waals surface area contributed by atoms with E-state index in [2.05, 4.69) is 17.1 Å². The number of nitrogens with zero attached hydrogens (tertiary/aromatic N) is 2. The summed E-state index contributed by atoms with van der Waals surface area (Å²) in [6, 6.07) is 0.716. The average molecular weight is 269 g/mol. The summed E-state index contributed by atoms with van der Waals surface area (Å²) in [5.74, 6) is 0.206. The zero-order chi connectivity index (χ0) is 13.7. The van der Waals surface area contributed by atoms with Crippen LogP contribution < -0.4 is 5.32 Å². The lowest BCUT2D eigenvalue weighted by Crippen LogP contribution is -2.50. The van der Waals surface area contributed by atoms with Gasteiger partial charge in [0.1, 0.15) is 0 Å². The first-order valence-corrected chi connectivity index (χ1v) is 7.56. The smallest absolute Gasteiger partial charge is 0.239 e. The largest absolute Gasteiger partial charge is 0.378 e. The highest BCUT2D eigenvalue weighted by molar-refractivity contribution is 5.81. The van der Waals surface area contributed by atoms with Crippen LogP contribution in [-0.4, -0.2) is 73.7 Å². The number of amides is 1. The third-order valence-electron chi connectivity index (χ3n) is 4.01. The highest BCUT2D eigenvalue weighted by atomic mass is 16.5. The maximum absolute atomic E-state index is 12.2.